The predicted octanol–water partition coefficient (Wildman–Crippen LogP) is 1.30. The molecule has 8 nitrogen and oxygen atoms in total. The molecule has 0 spiro atoms. The topological polar surface area (TPSA) is 69.0 Å². The first-order chi connectivity index (χ1) is 13.6. The van der Waals surface area contributed by atoms with Crippen LogP contribution in [0.15, 0.2) is 17.4 Å². The van der Waals surface area contributed by atoms with Crippen LogP contribution in [0.3, 0.4) is 0 Å². The fourth-order valence-electron chi connectivity index (χ4n) is 4.14. The van der Waals surface area contributed by atoms with E-state index in [4.69, 9.17) is 0 Å². The Balaban J connectivity index is 1.39. The number of amides is 1. The van der Waals surface area contributed by atoms with E-state index in [0.717, 1.165) is 37.2 Å². The molecule has 1 aromatic heterocycles. The molecule has 2 saturated heterocycles. The molecular weight excluding hydrogens is 354 g/mol. The predicted molar refractivity (Wildman–Crippen MR) is 113 cm³/mol. The highest BCUT2D eigenvalue weighted by Gasteiger charge is 2.27. The number of piperidine rings is 1. The van der Waals surface area contributed by atoms with Crippen LogP contribution in [-0.2, 0) is 11.8 Å². The molecule has 28 heavy (non-hydrogen) atoms. The van der Waals surface area contributed by atoms with E-state index in [0.29, 0.717) is 13.1 Å². The van der Waals surface area contributed by atoms with Crippen LogP contribution in [0.2, 0.25) is 0 Å². The summed E-state index contributed by atoms with van der Waals surface area (Å²) in [4.78, 5) is 23.4. The molecule has 2 aliphatic heterocycles. The van der Waals surface area contributed by atoms with Gasteiger partial charge in [-0.05, 0) is 45.7 Å². The Morgan fingerprint density at radius 1 is 1.29 bits per heavy atom. The second-order valence-corrected chi connectivity index (χ2v) is 7.90. The largest absolute Gasteiger partial charge is 0.356 e. The zero-order chi connectivity index (χ0) is 19.9. The van der Waals surface area contributed by atoms with Crippen LogP contribution in [0.5, 0.6) is 0 Å². The van der Waals surface area contributed by atoms with Crippen molar-refractivity contribution in [3.63, 3.8) is 0 Å². The van der Waals surface area contributed by atoms with E-state index >= 15 is 0 Å². The number of nitrogens with one attached hydrogen (secondary N) is 1. The molecule has 0 radical (unpaired) electrons. The molecule has 3 rings (SSSR count). The van der Waals surface area contributed by atoms with Gasteiger partial charge < -0.3 is 20.0 Å². The van der Waals surface area contributed by atoms with E-state index in [1.54, 1.807) is 22.8 Å². The van der Waals surface area contributed by atoms with Gasteiger partial charge in [0.25, 0.3) is 0 Å². The molecule has 0 bridgehead atoms. The highest BCUT2D eigenvalue weighted by molar-refractivity contribution is 5.98. The number of aryl methyl sites for hydroxylation is 1. The number of unbranched alkanes of at least 4 members (excludes halogenated alkanes) is 1. The minimum atomic E-state index is 0.0845. The van der Waals surface area contributed by atoms with Crippen molar-refractivity contribution in [2.24, 2.45) is 12.0 Å². The van der Waals surface area contributed by atoms with Gasteiger partial charge in [0.1, 0.15) is 6.54 Å². The van der Waals surface area contributed by atoms with Gasteiger partial charge in [0.05, 0.1) is 11.9 Å². The average Bonchev–Trinajstić information content (AvgIpc) is 3.12. The maximum Gasteiger partial charge on any atom is 0.246 e. The highest BCUT2D eigenvalue weighted by atomic mass is 16.2. The van der Waals surface area contributed by atoms with Gasteiger partial charge in [0, 0.05) is 46.0 Å². The Labute approximate surface area is 168 Å². The number of rotatable bonds is 6. The minimum Gasteiger partial charge on any atom is -0.356 e. The molecule has 2 fully saturated rings. The van der Waals surface area contributed by atoms with Crippen molar-refractivity contribution in [3.8, 4) is 0 Å². The van der Waals surface area contributed by atoms with Crippen molar-refractivity contribution in [1.82, 2.24) is 24.9 Å². The van der Waals surface area contributed by atoms with Crippen LogP contribution in [0.25, 0.3) is 0 Å². The molecular formula is C20H35N7O. The summed E-state index contributed by atoms with van der Waals surface area (Å²) in [6, 6.07) is 0.733. The molecule has 1 amide bonds. The Kier molecular flexibility index (Phi) is 7.30. The van der Waals surface area contributed by atoms with Gasteiger partial charge in [0.2, 0.25) is 5.91 Å². The van der Waals surface area contributed by atoms with E-state index in [9.17, 15) is 4.79 Å². The van der Waals surface area contributed by atoms with Gasteiger partial charge in [-0.3, -0.25) is 14.5 Å². The molecule has 1 unspecified atom stereocenters. The number of hydrogen-bond donors (Lipinski definition) is 1. The molecule has 3 heterocycles. The van der Waals surface area contributed by atoms with E-state index < -0.39 is 0 Å². The van der Waals surface area contributed by atoms with Crippen molar-refractivity contribution in [3.05, 3.63) is 12.4 Å². The summed E-state index contributed by atoms with van der Waals surface area (Å²) in [5.41, 5.74) is 0.863. The van der Waals surface area contributed by atoms with Crippen LogP contribution >= 0.6 is 0 Å². The number of piperazine rings is 1. The van der Waals surface area contributed by atoms with Gasteiger partial charge >= 0.3 is 0 Å². The number of aromatic nitrogens is 2. The summed E-state index contributed by atoms with van der Waals surface area (Å²) >= 11 is 0. The molecule has 1 aromatic rings. The summed E-state index contributed by atoms with van der Waals surface area (Å²) in [5, 5.41) is 7.60. The lowest BCUT2D eigenvalue weighted by Crippen LogP contribution is -2.55. The fraction of sp³-hybridized carbons (Fsp3) is 0.750. The van der Waals surface area contributed by atoms with Crippen molar-refractivity contribution < 1.29 is 4.79 Å². The number of guanidine groups is 1. The van der Waals surface area contributed by atoms with Crippen molar-refractivity contribution >= 4 is 17.6 Å². The summed E-state index contributed by atoms with van der Waals surface area (Å²) in [6.07, 6.45) is 9.99. The molecule has 0 aliphatic carbocycles. The van der Waals surface area contributed by atoms with E-state index in [1.165, 1.54) is 38.8 Å². The first-order valence-electron chi connectivity index (χ1n) is 10.6. The second kappa shape index (κ2) is 9.91. The van der Waals surface area contributed by atoms with Gasteiger partial charge in [-0.2, -0.15) is 5.10 Å². The lowest BCUT2D eigenvalue weighted by molar-refractivity contribution is -0.120. The zero-order valence-electron chi connectivity index (χ0n) is 17.6. The smallest absolute Gasteiger partial charge is 0.246 e. The Morgan fingerprint density at radius 2 is 2.14 bits per heavy atom. The lowest BCUT2D eigenvalue weighted by Gasteiger charge is -2.35. The van der Waals surface area contributed by atoms with Gasteiger partial charge in [-0.1, -0.05) is 6.42 Å². The lowest BCUT2D eigenvalue weighted by atomic mass is 10.0. The first-order valence-corrected chi connectivity index (χ1v) is 10.6. The van der Waals surface area contributed by atoms with Crippen LogP contribution in [0, 0.1) is 0 Å². The Morgan fingerprint density at radius 3 is 2.82 bits per heavy atom. The molecule has 156 valence electrons. The van der Waals surface area contributed by atoms with E-state index in [-0.39, 0.29) is 5.91 Å². The highest BCUT2D eigenvalue weighted by Crippen LogP contribution is 2.17. The summed E-state index contributed by atoms with van der Waals surface area (Å²) in [5.74, 6) is 0.909. The van der Waals surface area contributed by atoms with Crippen molar-refractivity contribution in [2.45, 2.75) is 45.1 Å². The third-order valence-corrected chi connectivity index (χ3v) is 5.83. The second-order valence-electron chi connectivity index (χ2n) is 7.90. The molecule has 1 N–H and O–H groups in total. The van der Waals surface area contributed by atoms with Gasteiger partial charge in [-0.25, -0.2) is 0 Å². The maximum absolute atomic E-state index is 12.6. The number of carbonyl (C=O) groups excluding carboxylic acids is 1. The van der Waals surface area contributed by atoms with E-state index in [2.05, 4.69) is 27.2 Å². The number of aliphatic imine (C=N–C) groups is 1. The van der Waals surface area contributed by atoms with Crippen LogP contribution < -0.4 is 10.2 Å². The molecule has 2 aliphatic rings. The van der Waals surface area contributed by atoms with Gasteiger partial charge in [-0.15, -0.1) is 0 Å². The third kappa shape index (κ3) is 5.25. The monoisotopic (exact) mass is 389 g/mol. The van der Waals surface area contributed by atoms with Crippen LogP contribution in [-0.4, -0.2) is 83.8 Å². The number of likely N-dealkylation sites (tertiary alicyclic amines) is 1. The Hall–Kier alpha value is -2.09. The summed E-state index contributed by atoms with van der Waals surface area (Å²) < 4.78 is 1.72. The van der Waals surface area contributed by atoms with Gasteiger partial charge in [0.15, 0.2) is 5.96 Å². The fourth-order valence-corrected chi connectivity index (χ4v) is 4.14. The quantitative estimate of drug-likeness (QED) is 0.451. The number of anilines is 1. The van der Waals surface area contributed by atoms with E-state index in [1.807, 2.05) is 18.1 Å². The maximum atomic E-state index is 12.6. The third-order valence-electron chi connectivity index (χ3n) is 5.83. The molecule has 1 atom stereocenters. The van der Waals surface area contributed by atoms with Crippen LogP contribution in [0.1, 0.15) is 39.0 Å². The van der Waals surface area contributed by atoms with Crippen LogP contribution in [0.4, 0.5) is 5.69 Å². The first kappa shape index (κ1) is 20.6. The average molecular weight is 390 g/mol. The number of nitrogens with zero attached hydrogens (tertiary/aromatic N) is 6. The molecule has 0 aromatic carbocycles. The standard InChI is InChI=1S/C20H35N7O/c1-17-8-4-6-10-25(17)11-7-5-9-22-20(21-2)26-12-13-27(19(28)16-26)18-14-23-24(3)15-18/h14-15,17H,4-13,16H2,1-3H3,(H,21,22). The summed E-state index contributed by atoms with van der Waals surface area (Å²) in [7, 11) is 3.65. The number of carbonyl (C=O) groups is 1. The normalized spacial score (nSPS) is 22.0. The molecule has 8 heteroatoms. The molecule has 0 saturated carbocycles. The SMILES string of the molecule is CN=C(NCCCCN1CCCCC1C)N1CCN(c2cnn(C)c2)C(=O)C1. The van der Waals surface area contributed by atoms with Crippen molar-refractivity contribution in [1.29, 1.82) is 0 Å². The number of hydrogen-bond acceptors (Lipinski definition) is 4. The Bertz CT molecular complexity index is 671. The van der Waals surface area contributed by atoms with Crippen molar-refractivity contribution in [2.75, 3.05) is 51.2 Å². The minimum absolute atomic E-state index is 0.0845. The summed E-state index contributed by atoms with van der Waals surface area (Å²) in [6.45, 7) is 7.44. The zero-order valence-corrected chi connectivity index (χ0v) is 17.6.